The molecule has 1 rings (SSSR count). The summed E-state index contributed by atoms with van der Waals surface area (Å²) in [7, 11) is 1.54. The van der Waals surface area contributed by atoms with Crippen LogP contribution >= 0.6 is 0 Å². The Morgan fingerprint density at radius 3 is 3.00 bits per heavy atom. The highest BCUT2D eigenvalue weighted by Gasteiger charge is 2.09. The number of H-pyrrole nitrogens is 1. The van der Waals surface area contributed by atoms with Gasteiger partial charge in [0, 0.05) is 7.11 Å². The van der Waals surface area contributed by atoms with Crippen LogP contribution in [0.1, 0.15) is 0 Å². The zero-order chi connectivity index (χ0) is 9.68. The van der Waals surface area contributed by atoms with Gasteiger partial charge in [0.05, 0.1) is 12.7 Å². The number of hydrogen-bond acceptors (Lipinski definition) is 5. The fourth-order valence-electron chi connectivity index (χ4n) is 0.691. The van der Waals surface area contributed by atoms with E-state index in [9.17, 15) is 10.1 Å². The first-order valence-corrected chi connectivity index (χ1v) is 3.55. The van der Waals surface area contributed by atoms with Crippen molar-refractivity contribution in [2.24, 2.45) is 0 Å². The normalized spacial score (nSPS) is 9.92. The maximum atomic E-state index is 10.2. The zero-order valence-electron chi connectivity index (χ0n) is 7.02. The van der Waals surface area contributed by atoms with Crippen LogP contribution < -0.4 is 4.74 Å². The molecule has 13 heavy (non-hydrogen) atoms. The molecule has 7 nitrogen and oxygen atoms in total. The summed E-state index contributed by atoms with van der Waals surface area (Å²) in [5.74, 6) is 0.0103. The molecule has 0 saturated heterocycles. The highest BCUT2D eigenvalue weighted by Crippen LogP contribution is 2.13. The number of hydrogen-bond donors (Lipinski definition) is 1. The topological polar surface area (TPSA) is 90.3 Å². The number of nitrogens with one attached hydrogen (secondary N) is 1. The van der Waals surface area contributed by atoms with Gasteiger partial charge in [-0.25, -0.2) is 0 Å². The van der Waals surface area contributed by atoms with Gasteiger partial charge < -0.3 is 19.6 Å². The van der Waals surface area contributed by atoms with E-state index in [0.717, 1.165) is 0 Å². The first-order chi connectivity index (χ1) is 6.24. The molecule has 0 unspecified atom stereocenters. The summed E-state index contributed by atoms with van der Waals surface area (Å²) in [5.41, 5.74) is 0. The number of nitrogens with zero attached hydrogens (tertiary/aromatic N) is 2. The molecule has 1 aromatic heterocycles. The monoisotopic (exact) mass is 187 g/mol. The fraction of sp³-hybridized carbons (Fsp3) is 0.500. The molecular weight excluding hydrogens is 178 g/mol. The second-order valence-corrected chi connectivity index (χ2v) is 2.19. The smallest absolute Gasteiger partial charge is 0.346 e. The Labute approximate surface area is 73.8 Å². The minimum atomic E-state index is -0.573. The van der Waals surface area contributed by atoms with Gasteiger partial charge in [0.2, 0.25) is 0 Å². The average molecular weight is 187 g/mol. The predicted molar refractivity (Wildman–Crippen MR) is 42.6 cm³/mol. The molecule has 0 aromatic carbocycles. The van der Waals surface area contributed by atoms with E-state index in [1.807, 2.05) is 0 Å². The summed E-state index contributed by atoms with van der Waals surface area (Å²) >= 11 is 0. The molecular formula is C6H9N3O4. The van der Waals surface area contributed by atoms with Crippen LogP contribution in [0.3, 0.4) is 0 Å². The van der Waals surface area contributed by atoms with Crippen LogP contribution in [0.15, 0.2) is 6.07 Å². The lowest BCUT2D eigenvalue weighted by atomic mass is 10.6. The van der Waals surface area contributed by atoms with Crippen LogP contribution in [0.4, 0.5) is 5.82 Å². The van der Waals surface area contributed by atoms with Gasteiger partial charge in [0.1, 0.15) is 6.61 Å². The second kappa shape index (κ2) is 4.41. The van der Waals surface area contributed by atoms with Crippen molar-refractivity contribution in [1.82, 2.24) is 10.2 Å². The van der Waals surface area contributed by atoms with E-state index in [2.05, 4.69) is 10.2 Å². The lowest BCUT2D eigenvalue weighted by Gasteiger charge is -1.98. The quantitative estimate of drug-likeness (QED) is 0.408. The Morgan fingerprint density at radius 2 is 2.46 bits per heavy atom. The van der Waals surface area contributed by atoms with Crippen molar-refractivity contribution in [3.8, 4) is 5.88 Å². The third-order valence-corrected chi connectivity index (χ3v) is 1.27. The highest BCUT2D eigenvalue weighted by atomic mass is 16.6. The molecule has 0 saturated carbocycles. The molecule has 0 amide bonds. The molecule has 0 bridgehead atoms. The van der Waals surface area contributed by atoms with Crippen LogP contribution in [-0.2, 0) is 4.74 Å². The Kier molecular flexibility index (Phi) is 3.21. The largest absolute Gasteiger partial charge is 0.473 e. The summed E-state index contributed by atoms with van der Waals surface area (Å²) in [6.07, 6.45) is 0. The number of rotatable bonds is 5. The Balaban J connectivity index is 2.44. The summed E-state index contributed by atoms with van der Waals surface area (Å²) < 4.78 is 9.73. The van der Waals surface area contributed by atoms with E-state index in [-0.39, 0.29) is 11.7 Å². The number of nitro groups is 1. The lowest BCUT2D eigenvalue weighted by molar-refractivity contribution is -0.389. The molecule has 1 aromatic rings. The minimum Gasteiger partial charge on any atom is -0.473 e. The van der Waals surface area contributed by atoms with Gasteiger partial charge in [-0.2, -0.15) is 0 Å². The first kappa shape index (κ1) is 9.46. The number of ether oxygens (including phenoxy) is 2. The van der Waals surface area contributed by atoms with Crippen molar-refractivity contribution in [2.75, 3.05) is 20.3 Å². The van der Waals surface area contributed by atoms with Crippen molar-refractivity contribution < 1.29 is 14.4 Å². The van der Waals surface area contributed by atoms with Gasteiger partial charge in [-0.15, -0.1) is 5.10 Å². The number of methoxy groups -OCH3 is 1. The van der Waals surface area contributed by atoms with E-state index in [0.29, 0.717) is 13.2 Å². The molecule has 0 aliphatic rings. The summed E-state index contributed by atoms with van der Waals surface area (Å²) in [4.78, 5) is 9.63. The number of aromatic nitrogens is 2. The first-order valence-electron chi connectivity index (χ1n) is 3.55. The van der Waals surface area contributed by atoms with Gasteiger partial charge in [-0.1, -0.05) is 0 Å². The third kappa shape index (κ3) is 2.71. The van der Waals surface area contributed by atoms with Gasteiger partial charge >= 0.3 is 5.82 Å². The van der Waals surface area contributed by atoms with E-state index in [1.165, 1.54) is 13.2 Å². The predicted octanol–water partition coefficient (Wildman–Crippen LogP) is 0.343. The van der Waals surface area contributed by atoms with E-state index < -0.39 is 4.92 Å². The van der Waals surface area contributed by atoms with Crippen LogP contribution in [0.25, 0.3) is 0 Å². The molecule has 0 radical (unpaired) electrons. The maximum Gasteiger partial charge on any atom is 0.346 e. The van der Waals surface area contributed by atoms with Crippen molar-refractivity contribution in [3.05, 3.63) is 16.2 Å². The molecule has 1 N–H and O–H groups in total. The Hall–Kier alpha value is -1.63. The van der Waals surface area contributed by atoms with Gasteiger partial charge in [0.25, 0.3) is 5.88 Å². The van der Waals surface area contributed by atoms with E-state index in [1.54, 1.807) is 0 Å². The summed E-state index contributed by atoms with van der Waals surface area (Å²) in [6, 6.07) is 1.22. The molecule has 1 heterocycles. The maximum absolute atomic E-state index is 10.2. The summed E-state index contributed by atoms with van der Waals surface area (Å²) in [6.45, 7) is 0.735. The van der Waals surface area contributed by atoms with Crippen LogP contribution in [-0.4, -0.2) is 35.4 Å². The molecule has 7 heteroatoms. The SMILES string of the molecule is COCCOc1cc([N+](=O)[O-])[nH]n1. The summed E-state index contributed by atoms with van der Waals surface area (Å²) in [5, 5.41) is 16.0. The van der Waals surface area contributed by atoms with E-state index in [4.69, 9.17) is 9.47 Å². The standard InChI is InChI=1S/C6H9N3O4/c1-12-2-3-13-6-4-5(7-8-6)9(10)11/h4H,2-3H2,1H3,(H,7,8). The van der Waals surface area contributed by atoms with E-state index >= 15 is 0 Å². The van der Waals surface area contributed by atoms with Crippen LogP contribution in [0.2, 0.25) is 0 Å². The van der Waals surface area contributed by atoms with Crippen LogP contribution in [0.5, 0.6) is 5.88 Å². The van der Waals surface area contributed by atoms with Crippen molar-refractivity contribution in [3.63, 3.8) is 0 Å². The van der Waals surface area contributed by atoms with Crippen LogP contribution in [0, 0.1) is 10.1 Å². The van der Waals surface area contributed by atoms with Gasteiger partial charge in [-0.3, -0.25) is 0 Å². The minimum absolute atomic E-state index is 0.188. The Morgan fingerprint density at radius 1 is 1.69 bits per heavy atom. The lowest BCUT2D eigenvalue weighted by Crippen LogP contribution is -2.04. The fourth-order valence-corrected chi connectivity index (χ4v) is 0.691. The highest BCUT2D eigenvalue weighted by molar-refractivity contribution is 5.24. The van der Waals surface area contributed by atoms with Gasteiger partial charge in [0.15, 0.2) is 0 Å². The third-order valence-electron chi connectivity index (χ3n) is 1.27. The van der Waals surface area contributed by atoms with Crippen molar-refractivity contribution in [1.29, 1.82) is 0 Å². The number of aromatic amines is 1. The molecule has 72 valence electrons. The van der Waals surface area contributed by atoms with Crippen molar-refractivity contribution in [2.45, 2.75) is 0 Å². The average Bonchev–Trinajstić information content (AvgIpc) is 2.53. The van der Waals surface area contributed by atoms with Gasteiger partial charge in [-0.05, 0) is 10.0 Å². The molecule has 0 aliphatic carbocycles. The molecule has 0 atom stereocenters. The molecule has 0 aliphatic heterocycles. The Bertz CT molecular complexity index is 285. The van der Waals surface area contributed by atoms with Crippen molar-refractivity contribution >= 4 is 5.82 Å². The zero-order valence-corrected chi connectivity index (χ0v) is 7.02. The molecule has 0 fully saturated rings. The molecule has 0 spiro atoms. The second-order valence-electron chi connectivity index (χ2n) is 2.19.